The van der Waals surface area contributed by atoms with Gasteiger partial charge in [0.2, 0.25) is 0 Å². The molecule has 0 aliphatic carbocycles. The predicted molar refractivity (Wildman–Crippen MR) is 73.6 cm³/mol. The number of rotatable bonds is 5. The Morgan fingerprint density at radius 1 is 1.40 bits per heavy atom. The molecular formula is C14H17N3O3. The smallest absolute Gasteiger partial charge is 0.305 e. The zero-order valence-electron chi connectivity index (χ0n) is 11.5. The quantitative estimate of drug-likeness (QED) is 0.900. The summed E-state index contributed by atoms with van der Waals surface area (Å²) in [5.41, 5.74) is 1.29. The summed E-state index contributed by atoms with van der Waals surface area (Å²) in [7, 11) is 0. The van der Waals surface area contributed by atoms with E-state index in [1.165, 1.54) is 0 Å². The number of carboxylic acids is 1. The van der Waals surface area contributed by atoms with E-state index in [-0.39, 0.29) is 24.9 Å². The summed E-state index contributed by atoms with van der Waals surface area (Å²) in [5.74, 6) is -1.08. The van der Waals surface area contributed by atoms with Crippen LogP contribution in [0.1, 0.15) is 30.6 Å². The van der Waals surface area contributed by atoms with Crippen LogP contribution in [0.25, 0.3) is 5.65 Å². The molecule has 2 heterocycles. The second kappa shape index (κ2) is 5.73. The van der Waals surface area contributed by atoms with E-state index in [1.54, 1.807) is 40.0 Å². The van der Waals surface area contributed by atoms with Crippen LogP contribution in [0, 0.1) is 0 Å². The lowest BCUT2D eigenvalue weighted by Gasteiger charge is -2.26. The maximum absolute atomic E-state index is 12.5. The number of amides is 1. The molecule has 2 aromatic rings. The van der Waals surface area contributed by atoms with Crippen molar-refractivity contribution in [2.45, 2.75) is 26.3 Å². The molecule has 106 valence electrons. The lowest BCUT2D eigenvalue weighted by Crippen LogP contribution is -2.38. The average molecular weight is 275 g/mol. The van der Waals surface area contributed by atoms with Crippen LogP contribution in [0.15, 0.2) is 30.7 Å². The van der Waals surface area contributed by atoms with Crippen molar-refractivity contribution < 1.29 is 14.7 Å². The van der Waals surface area contributed by atoms with Gasteiger partial charge in [0.1, 0.15) is 5.65 Å². The fourth-order valence-electron chi connectivity index (χ4n) is 2.02. The van der Waals surface area contributed by atoms with Crippen LogP contribution in [0.3, 0.4) is 0 Å². The van der Waals surface area contributed by atoms with Crippen molar-refractivity contribution >= 4 is 17.5 Å². The summed E-state index contributed by atoms with van der Waals surface area (Å²) in [4.78, 5) is 28.8. The van der Waals surface area contributed by atoms with Crippen LogP contribution >= 0.6 is 0 Å². The molecule has 0 aliphatic rings. The summed E-state index contributed by atoms with van der Waals surface area (Å²) in [5, 5.41) is 8.76. The lowest BCUT2D eigenvalue weighted by molar-refractivity contribution is -0.137. The minimum Gasteiger partial charge on any atom is -0.481 e. The van der Waals surface area contributed by atoms with Crippen LogP contribution in [0.4, 0.5) is 0 Å². The fraction of sp³-hybridized carbons (Fsp3) is 0.357. The van der Waals surface area contributed by atoms with Gasteiger partial charge in [-0.1, -0.05) is 0 Å². The molecule has 2 aromatic heterocycles. The Bertz CT molecular complexity index is 633. The van der Waals surface area contributed by atoms with E-state index >= 15 is 0 Å². The van der Waals surface area contributed by atoms with Crippen LogP contribution in [-0.2, 0) is 4.79 Å². The van der Waals surface area contributed by atoms with Gasteiger partial charge in [0.25, 0.3) is 5.91 Å². The monoisotopic (exact) mass is 275 g/mol. The number of carboxylic acid groups (broad SMARTS) is 1. The fourth-order valence-corrected chi connectivity index (χ4v) is 2.02. The molecule has 0 fully saturated rings. The molecule has 6 heteroatoms. The first-order valence-electron chi connectivity index (χ1n) is 6.44. The normalized spacial score (nSPS) is 10.9. The Balaban J connectivity index is 2.23. The second-order valence-corrected chi connectivity index (χ2v) is 4.85. The number of imidazole rings is 1. The van der Waals surface area contributed by atoms with E-state index in [9.17, 15) is 9.59 Å². The van der Waals surface area contributed by atoms with E-state index < -0.39 is 5.97 Å². The van der Waals surface area contributed by atoms with Crippen molar-refractivity contribution in [2.75, 3.05) is 6.54 Å². The van der Waals surface area contributed by atoms with Gasteiger partial charge in [-0.05, 0) is 26.0 Å². The number of carbonyl (C=O) groups is 2. The van der Waals surface area contributed by atoms with E-state index in [0.29, 0.717) is 5.56 Å². The van der Waals surface area contributed by atoms with Crippen molar-refractivity contribution in [2.24, 2.45) is 0 Å². The third kappa shape index (κ3) is 2.96. The number of aliphatic carboxylic acids is 1. The predicted octanol–water partition coefficient (Wildman–Crippen LogP) is 1.66. The minimum absolute atomic E-state index is 0.0552. The first kappa shape index (κ1) is 14.0. The number of fused-ring (bicyclic) bond motifs is 1. The summed E-state index contributed by atoms with van der Waals surface area (Å²) < 4.78 is 1.77. The molecule has 2 rings (SSSR count). The van der Waals surface area contributed by atoms with Gasteiger partial charge >= 0.3 is 5.97 Å². The SMILES string of the molecule is CC(C)N(CCC(=O)O)C(=O)c1ccc2nccn2c1. The first-order valence-corrected chi connectivity index (χ1v) is 6.44. The van der Waals surface area contributed by atoms with Crippen LogP contribution in [0.2, 0.25) is 0 Å². The molecule has 0 unspecified atom stereocenters. The van der Waals surface area contributed by atoms with Gasteiger partial charge < -0.3 is 14.4 Å². The maximum atomic E-state index is 12.5. The molecule has 0 aromatic carbocycles. The van der Waals surface area contributed by atoms with Gasteiger partial charge in [-0.25, -0.2) is 4.98 Å². The number of hydrogen-bond donors (Lipinski definition) is 1. The van der Waals surface area contributed by atoms with Gasteiger partial charge in [0.05, 0.1) is 12.0 Å². The number of aromatic nitrogens is 2. The second-order valence-electron chi connectivity index (χ2n) is 4.85. The standard InChI is InChI=1S/C14H17N3O3/c1-10(2)17(7-5-13(18)19)14(20)11-3-4-12-15-6-8-16(12)9-11/h3-4,6,8-10H,5,7H2,1-2H3,(H,18,19). The topological polar surface area (TPSA) is 74.9 Å². The van der Waals surface area contributed by atoms with Crippen LogP contribution < -0.4 is 0 Å². The Kier molecular flexibility index (Phi) is 4.02. The maximum Gasteiger partial charge on any atom is 0.305 e. The van der Waals surface area contributed by atoms with E-state index in [4.69, 9.17) is 5.11 Å². The van der Waals surface area contributed by atoms with Gasteiger partial charge in [0, 0.05) is 31.2 Å². The minimum atomic E-state index is -0.909. The number of carbonyl (C=O) groups excluding carboxylic acids is 1. The number of pyridine rings is 1. The Hall–Kier alpha value is -2.37. The largest absolute Gasteiger partial charge is 0.481 e. The lowest BCUT2D eigenvalue weighted by atomic mass is 10.2. The van der Waals surface area contributed by atoms with Crippen LogP contribution in [-0.4, -0.2) is 43.9 Å². The first-order chi connectivity index (χ1) is 9.49. The zero-order valence-corrected chi connectivity index (χ0v) is 11.5. The average Bonchev–Trinajstić information content (AvgIpc) is 2.84. The van der Waals surface area contributed by atoms with Gasteiger partial charge in [-0.15, -0.1) is 0 Å². The van der Waals surface area contributed by atoms with Crippen LogP contribution in [0.5, 0.6) is 0 Å². The van der Waals surface area contributed by atoms with Gasteiger partial charge in [-0.3, -0.25) is 9.59 Å². The molecule has 0 radical (unpaired) electrons. The molecule has 0 bridgehead atoms. The molecule has 1 amide bonds. The highest BCUT2D eigenvalue weighted by molar-refractivity contribution is 5.94. The number of nitrogens with zero attached hydrogens (tertiary/aromatic N) is 3. The zero-order chi connectivity index (χ0) is 14.7. The third-order valence-electron chi connectivity index (χ3n) is 3.09. The van der Waals surface area contributed by atoms with Crippen molar-refractivity contribution in [3.63, 3.8) is 0 Å². The molecule has 0 saturated carbocycles. The van der Waals surface area contributed by atoms with Gasteiger partial charge in [0.15, 0.2) is 0 Å². The summed E-state index contributed by atoms with van der Waals surface area (Å²) in [6, 6.07) is 3.42. The Morgan fingerprint density at radius 2 is 2.15 bits per heavy atom. The molecule has 0 saturated heterocycles. The summed E-state index contributed by atoms with van der Waals surface area (Å²) in [6.07, 6.45) is 5.08. The highest BCUT2D eigenvalue weighted by Crippen LogP contribution is 2.11. The summed E-state index contributed by atoms with van der Waals surface area (Å²) in [6.45, 7) is 3.94. The van der Waals surface area contributed by atoms with Crippen molar-refractivity contribution in [3.05, 3.63) is 36.3 Å². The number of hydrogen-bond acceptors (Lipinski definition) is 3. The molecule has 0 aliphatic heterocycles. The molecule has 0 atom stereocenters. The molecule has 6 nitrogen and oxygen atoms in total. The van der Waals surface area contributed by atoms with E-state index in [0.717, 1.165) is 5.65 Å². The Morgan fingerprint density at radius 3 is 2.80 bits per heavy atom. The molecule has 20 heavy (non-hydrogen) atoms. The van der Waals surface area contributed by atoms with E-state index in [1.807, 2.05) is 13.8 Å². The molecule has 1 N–H and O–H groups in total. The van der Waals surface area contributed by atoms with Crippen molar-refractivity contribution in [3.8, 4) is 0 Å². The highest BCUT2D eigenvalue weighted by Gasteiger charge is 2.19. The highest BCUT2D eigenvalue weighted by atomic mass is 16.4. The van der Waals surface area contributed by atoms with Crippen molar-refractivity contribution in [1.82, 2.24) is 14.3 Å². The Labute approximate surface area is 116 Å². The van der Waals surface area contributed by atoms with Gasteiger partial charge in [-0.2, -0.15) is 0 Å². The third-order valence-corrected chi connectivity index (χ3v) is 3.09. The van der Waals surface area contributed by atoms with Crippen molar-refractivity contribution in [1.29, 1.82) is 0 Å². The molecular weight excluding hydrogens is 258 g/mol. The summed E-state index contributed by atoms with van der Waals surface area (Å²) >= 11 is 0. The molecule has 0 spiro atoms. The van der Waals surface area contributed by atoms with E-state index in [2.05, 4.69) is 4.98 Å².